The number of alkyl halides is 3. The Morgan fingerprint density at radius 1 is 1.14 bits per heavy atom. The molecular formula is C7H16Cl3N2OP. The van der Waals surface area contributed by atoms with Crippen LogP contribution in [-0.2, 0) is 4.57 Å². The van der Waals surface area contributed by atoms with Crippen LogP contribution in [0.5, 0.6) is 0 Å². The fourth-order valence-electron chi connectivity index (χ4n) is 0.845. The lowest BCUT2D eigenvalue weighted by Gasteiger charge is -2.36. The highest BCUT2D eigenvalue weighted by atomic mass is 35.6. The third-order valence-electron chi connectivity index (χ3n) is 1.39. The SMILES string of the molecule is CN(C)[P@](=O)(NC(C)(C)C)C(Cl)(Cl)Cl. The van der Waals surface area contributed by atoms with Gasteiger partial charge in [-0.15, -0.1) is 0 Å². The number of nitrogens with one attached hydrogen (secondary N) is 1. The van der Waals surface area contributed by atoms with E-state index < -0.39 is 11.0 Å². The Balaban J connectivity index is 5.06. The highest BCUT2D eigenvalue weighted by molar-refractivity contribution is 7.67. The molecule has 0 aliphatic heterocycles. The molecular weight excluding hydrogens is 265 g/mol. The number of nitrogens with zero attached hydrogens (tertiary/aromatic N) is 1. The molecule has 0 aromatic carbocycles. The summed E-state index contributed by atoms with van der Waals surface area (Å²) >= 11 is 17.1. The van der Waals surface area contributed by atoms with Gasteiger partial charge in [0.15, 0.2) is 0 Å². The molecule has 0 aliphatic rings. The lowest BCUT2D eigenvalue weighted by atomic mass is 10.1. The number of rotatable bonds is 2. The van der Waals surface area contributed by atoms with Crippen molar-refractivity contribution >= 4 is 42.2 Å². The van der Waals surface area contributed by atoms with Crippen molar-refractivity contribution in [1.29, 1.82) is 0 Å². The van der Waals surface area contributed by atoms with Crippen molar-refractivity contribution in [1.82, 2.24) is 9.76 Å². The van der Waals surface area contributed by atoms with Crippen molar-refractivity contribution in [3.05, 3.63) is 0 Å². The van der Waals surface area contributed by atoms with E-state index in [1.807, 2.05) is 20.8 Å². The lowest BCUT2D eigenvalue weighted by molar-refractivity contribution is 0.447. The molecule has 1 atom stereocenters. The molecule has 1 N–H and O–H groups in total. The molecule has 0 radical (unpaired) electrons. The third kappa shape index (κ3) is 3.88. The van der Waals surface area contributed by atoms with Gasteiger partial charge in [0.25, 0.3) is 11.0 Å². The first kappa shape index (κ1) is 15.0. The van der Waals surface area contributed by atoms with Crippen LogP contribution in [0.2, 0.25) is 0 Å². The molecule has 0 aromatic heterocycles. The standard InChI is InChI=1S/C7H16Cl3N2OP/c1-6(2,3)11-14(13,12(4)5)7(8,9)10/h1-5H3,(H,11,13)/t14-/m1/s1. The Bertz CT molecular complexity index is 244. The minimum Gasteiger partial charge on any atom is -0.284 e. The molecule has 14 heavy (non-hydrogen) atoms. The zero-order valence-corrected chi connectivity index (χ0v) is 12.1. The summed E-state index contributed by atoms with van der Waals surface area (Å²) in [6.07, 6.45) is 0. The van der Waals surface area contributed by atoms with E-state index >= 15 is 0 Å². The van der Waals surface area contributed by atoms with Crippen LogP contribution < -0.4 is 5.09 Å². The first-order valence-corrected chi connectivity index (χ1v) is 6.83. The summed E-state index contributed by atoms with van der Waals surface area (Å²) in [7, 11) is 0.00800. The molecule has 0 bridgehead atoms. The summed E-state index contributed by atoms with van der Waals surface area (Å²) in [5.74, 6) is 0. The molecule has 0 aromatic rings. The van der Waals surface area contributed by atoms with E-state index in [1.165, 1.54) is 4.67 Å². The van der Waals surface area contributed by atoms with Gasteiger partial charge in [-0.05, 0) is 34.9 Å². The van der Waals surface area contributed by atoms with E-state index in [4.69, 9.17) is 34.8 Å². The third-order valence-corrected chi connectivity index (χ3v) is 6.24. The topological polar surface area (TPSA) is 32.3 Å². The zero-order chi connectivity index (χ0) is 11.8. The van der Waals surface area contributed by atoms with Crippen molar-refractivity contribution in [3.63, 3.8) is 0 Å². The van der Waals surface area contributed by atoms with E-state index in [0.29, 0.717) is 0 Å². The first-order valence-electron chi connectivity index (χ1n) is 4.04. The quantitative estimate of drug-likeness (QED) is 0.621. The van der Waals surface area contributed by atoms with Crippen LogP contribution in [0.15, 0.2) is 0 Å². The molecule has 0 saturated heterocycles. The maximum absolute atomic E-state index is 12.4. The van der Waals surface area contributed by atoms with Crippen LogP contribution in [-0.4, -0.2) is 27.8 Å². The summed E-state index contributed by atoms with van der Waals surface area (Å²) in [6.45, 7) is 5.58. The monoisotopic (exact) mass is 280 g/mol. The van der Waals surface area contributed by atoms with Crippen molar-refractivity contribution in [2.24, 2.45) is 0 Å². The fraction of sp³-hybridized carbons (Fsp3) is 1.00. The highest BCUT2D eigenvalue weighted by Crippen LogP contribution is 2.64. The van der Waals surface area contributed by atoms with Crippen molar-refractivity contribution in [3.8, 4) is 0 Å². The molecule has 86 valence electrons. The van der Waals surface area contributed by atoms with Gasteiger partial charge < -0.3 is 0 Å². The van der Waals surface area contributed by atoms with Gasteiger partial charge in [0.1, 0.15) is 0 Å². The van der Waals surface area contributed by atoms with Gasteiger partial charge >= 0.3 is 0 Å². The normalized spacial score (nSPS) is 18.4. The maximum Gasteiger partial charge on any atom is 0.269 e. The summed E-state index contributed by atoms with van der Waals surface area (Å²) in [5, 5.41) is 2.86. The van der Waals surface area contributed by atoms with E-state index in [9.17, 15) is 4.57 Å². The van der Waals surface area contributed by atoms with Gasteiger partial charge in [-0.3, -0.25) is 4.57 Å². The molecule has 7 heteroatoms. The second-order valence-corrected chi connectivity index (χ2v) is 10.2. The number of hydrogen-bond donors (Lipinski definition) is 1. The fourth-order valence-corrected chi connectivity index (χ4v) is 4.28. The molecule has 0 heterocycles. The molecule has 0 unspecified atom stereocenters. The van der Waals surface area contributed by atoms with Gasteiger partial charge in [-0.1, -0.05) is 34.8 Å². The van der Waals surface area contributed by atoms with Crippen molar-refractivity contribution < 1.29 is 4.57 Å². The number of hydrogen-bond acceptors (Lipinski definition) is 1. The Morgan fingerprint density at radius 3 is 1.57 bits per heavy atom. The van der Waals surface area contributed by atoms with Gasteiger partial charge in [-0.25, -0.2) is 9.76 Å². The Kier molecular flexibility index (Phi) is 4.81. The van der Waals surface area contributed by atoms with Crippen LogP contribution in [0.3, 0.4) is 0 Å². The molecule has 0 spiro atoms. The zero-order valence-electron chi connectivity index (χ0n) is 8.94. The van der Waals surface area contributed by atoms with E-state index in [1.54, 1.807) is 14.1 Å². The highest BCUT2D eigenvalue weighted by Gasteiger charge is 2.48. The van der Waals surface area contributed by atoms with Gasteiger partial charge in [-0.2, -0.15) is 0 Å². The summed E-state index contributed by atoms with van der Waals surface area (Å²) in [6, 6.07) is 0. The first-order chi connectivity index (χ1) is 5.90. The predicted octanol–water partition coefficient (Wildman–Crippen LogP) is 3.46. The van der Waals surface area contributed by atoms with Gasteiger partial charge in [0.2, 0.25) is 0 Å². The molecule has 0 rings (SSSR count). The van der Waals surface area contributed by atoms with Crippen LogP contribution in [0.1, 0.15) is 20.8 Å². The van der Waals surface area contributed by atoms with Gasteiger partial charge in [0, 0.05) is 5.54 Å². The predicted molar refractivity (Wildman–Crippen MR) is 64.5 cm³/mol. The lowest BCUT2D eigenvalue weighted by Crippen LogP contribution is -2.40. The Morgan fingerprint density at radius 2 is 1.50 bits per heavy atom. The van der Waals surface area contributed by atoms with Crippen LogP contribution in [0.25, 0.3) is 0 Å². The second kappa shape index (κ2) is 4.48. The Labute approximate surface area is 101 Å². The van der Waals surface area contributed by atoms with Crippen LogP contribution >= 0.6 is 42.2 Å². The molecule has 0 saturated carbocycles. The minimum atomic E-state index is -3.22. The smallest absolute Gasteiger partial charge is 0.269 e. The summed E-state index contributed by atoms with van der Waals surface area (Å²) < 4.78 is 12.0. The van der Waals surface area contributed by atoms with Crippen LogP contribution in [0.4, 0.5) is 0 Å². The van der Waals surface area contributed by atoms with Crippen molar-refractivity contribution in [2.75, 3.05) is 14.1 Å². The molecule has 0 aliphatic carbocycles. The van der Waals surface area contributed by atoms with E-state index in [-0.39, 0.29) is 5.54 Å². The van der Waals surface area contributed by atoms with Crippen molar-refractivity contribution in [2.45, 2.75) is 29.8 Å². The second-order valence-electron chi connectivity index (χ2n) is 4.25. The molecule has 0 fully saturated rings. The van der Waals surface area contributed by atoms with Crippen LogP contribution in [0, 0.1) is 0 Å². The van der Waals surface area contributed by atoms with E-state index in [2.05, 4.69) is 5.09 Å². The maximum atomic E-state index is 12.4. The van der Waals surface area contributed by atoms with E-state index in [0.717, 1.165) is 0 Å². The number of halogens is 3. The average Bonchev–Trinajstić information content (AvgIpc) is 1.79. The summed E-state index contributed by atoms with van der Waals surface area (Å²) in [5.41, 5.74) is -0.385. The Hall–Kier alpha value is 1.02. The average molecular weight is 282 g/mol. The largest absolute Gasteiger partial charge is 0.284 e. The molecule has 3 nitrogen and oxygen atoms in total. The molecule has 0 amide bonds. The minimum absolute atomic E-state index is 0.385. The van der Waals surface area contributed by atoms with Gasteiger partial charge in [0.05, 0.1) is 0 Å². The summed E-state index contributed by atoms with van der Waals surface area (Å²) in [4.78, 5) is 0.